The Kier molecular flexibility index (Phi) is 5.06. The molecule has 3 heterocycles. The smallest absolute Gasteiger partial charge is 0.268 e. The quantitative estimate of drug-likeness (QED) is 0.375. The van der Waals surface area contributed by atoms with Gasteiger partial charge in [-0.15, -0.1) is 11.3 Å². The summed E-state index contributed by atoms with van der Waals surface area (Å²) >= 11 is 1.63. The zero-order valence-electron chi connectivity index (χ0n) is 18.0. The molecule has 1 atom stereocenters. The molecule has 0 N–H and O–H groups in total. The van der Waals surface area contributed by atoms with Gasteiger partial charge in [-0.2, -0.15) is 0 Å². The minimum atomic E-state index is -0.625. The van der Waals surface area contributed by atoms with E-state index in [4.69, 9.17) is 9.15 Å². The third-order valence-corrected chi connectivity index (χ3v) is 6.50. The molecule has 6 nitrogen and oxygen atoms in total. The molecule has 2 aromatic heterocycles. The lowest BCUT2D eigenvalue weighted by molar-refractivity contribution is -0.126. The van der Waals surface area contributed by atoms with Gasteiger partial charge in [-0.1, -0.05) is 25.1 Å². The summed E-state index contributed by atoms with van der Waals surface area (Å²) in [5.41, 5.74) is 2.99. The standard InChI is InChI=1S/C25H22N2O4S/c1-4-20-25(29)27(13-19(28)23-12-16-7-5-6-8-21(16)31-23)18-11-17(9-10-22(18)30-20)24-14(2)32-15(3)26-24/h5-12,20H,4,13H2,1-3H3. The van der Waals surface area contributed by atoms with Crippen LogP contribution in [-0.4, -0.2) is 29.3 Å². The van der Waals surface area contributed by atoms with Crippen molar-refractivity contribution in [1.82, 2.24) is 4.98 Å². The molecular formula is C25H22N2O4S. The van der Waals surface area contributed by atoms with Crippen LogP contribution in [0.25, 0.3) is 22.2 Å². The number of furan rings is 1. The van der Waals surface area contributed by atoms with Crippen LogP contribution in [0, 0.1) is 13.8 Å². The first-order chi connectivity index (χ1) is 15.4. The summed E-state index contributed by atoms with van der Waals surface area (Å²) in [5.74, 6) is 0.334. The summed E-state index contributed by atoms with van der Waals surface area (Å²) in [4.78, 5) is 33.5. The number of aromatic nitrogens is 1. The third-order valence-electron chi connectivity index (χ3n) is 5.61. The summed E-state index contributed by atoms with van der Waals surface area (Å²) in [6, 6.07) is 14.9. The van der Waals surface area contributed by atoms with Gasteiger partial charge < -0.3 is 9.15 Å². The van der Waals surface area contributed by atoms with Crippen LogP contribution in [-0.2, 0) is 4.79 Å². The predicted octanol–water partition coefficient (Wildman–Crippen LogP) is 5.56. The number of fused-ring (bicyclic) bond motifs is 2. The molecule has 0 bridgehead atoms. The number of anilines is 1. The molecule has 0 fully saturated rings. The zero-order valence-corrected chi connectivity index (χ0v) is 18.9. The fourth-order valence-corrected chi connectivity index (χ4v) is 4.87. The number of carbonyl (C=O) groups excluding carboxylic acids is 2. The van der Waals surface area contributed by atoms with Crippen LogP contribution in [0.15, 0.2) is 52.9 Å². The van der Waals surface area contributed by atoms with Crippen LogP contribution in [0.4, 0.5) is 5.69 Å². The van der Waals surface area contributed by atoms with Gasteiger partial charge in [0.1, 0.15) is 11.3 Å². The zero-order chi connectivity index (χ0) is 22.4. The summed E-state index contributed by atoms with van der Waals surface area (Å²) in [5, 5.41) is 1.83. The number of ketones is 1. The van der Waals surface area contributed by atoms with Crippen molar-refractivity contribution in [3.63, 3.8) is 0 Å². The van der Waals surface area contributed by atoms with Gasteiger partial charge in [-0.25, -0.2) is 4.98 Å². The van der Waals surface area contributed by atoms with E-state index in [2.05, 4.69) is 4.98 Å². The SMILES string of the molecule is CCC1Oc2ccc(-c3nc(C)sc3C)cc2N(CC(=O)c2cc3ccccc3o2)C1=O. The largest absolute Gasteiger partial charge is 0.478 e. The highest BCUT2D eigenvalue weighted by molar-refractivity contribution is 7.11. The van der Waals surface area contributed by atoms with Crippen LogP contribution in [0.3, 0.4) is 0 Å². The van der Waals surface area contributed by atoms with Gasteiger partial charge in [0, 0.05) is 15.8 Å². The van der Waals surface area contributed by atoms with E-state index in [1.165, 1.54) is 4.90 Å². The molecule has 0 spiro atoms. The van der Waals surface area contributed by atoms with Gasteiger partial charge in [-0.3, -0.25) is 14.5 Å². The molecule has 2 aromatic carbocycles. The topological polar surface area (TPSA) is 72.6 Å². The molecule has 1 aliphatic rings. The highest BCUT2D eigenvalue weighted by Gasteiger charge is 2.35. The Balaban J connectivity index is 1.53. The predicted molar refractivity (Wildman–Crippen MR) is 125 cm³/mol. The first kappa shape index (κ1) is 20.5. The van der Waals surface area contributed by atoms with Crippen molar-refractivity contribution in [2.24, 2.45) is 0 Å². The number of ether oxygens (including phenoxy) is 1. The molecule has 7 heteroatoms. The first-order valence-corrected chi connectivity index (χ1v) is 11.3. The van der Waals surface area contributed by atoms with Gasteiger partial charge in [0.15, 0.2) is 11.9 Å². The van der Waals surface area contributed by atoms with E-state index < -0.39 is 6.10 Å². The lowest BCUT2D eigenvalue weighted by Crippen LogP contribution is -2.47. The average molecular weight is 447 g/mol. The molecule has 0 saturated carbocycles. The normalized spacial score (nSPS) is 15.7. The molecule has 1 amide bonds. The number of hydrogen-bond acceptors (Lipinski definition) is 6. The Hall–Kier alpha value is -3.45. The minimum absolute atomic E-state index is 0.121. The average Bonchev–Trinajstić information content (AvgIpc) is 3.37. The van der Waals surface area contributed by atoms with E-state index in [0.29, 0.717) is 23.4 Å². The third kappa shape index (κ3) is 3.48. The van der Waals surface area contributed by atoms with Crippen molar-refractivity contribution in [2.45, 2.75) is 33.3 Å². The molecule has 0 saturated heterocycles. The number of nitrogens with zero attached hydrogens (tertiary/aromatic N) is 2. The van der Waals surface area contributed by atoms with Crippen LogP contribution < -0.4 is 9.64 Å². The summed E-state index contributed by atoms with van der Waals surface area (Å²) in [6.45, 7) is 5.76. The maximum absolute atomic E-state index is 13.2. The van der Waals surface area contributed by atoms with Gasteiger partial charge in [0.2, 0.25) is 5.78 Å². The molecule has 32 heavy (non-hydrogen) atoms. The fourth-order valence-electron chi connectivity index (χ4n) is 4.03. The van der Waals surface area contributed by atoms with Gasteiger partial charge in [0.25, 0.3) is 5.91 Å². The van der Waals surface area contributed by atoms with Crippen LogP contribution in [0.2, 0.25) is 0 Å². The van der Waals surface area contributed by atoms with E-state index in [0.717, 1.165) is 26.5 Å². The van der Waals surface area contributed by atoms with E-state index in [1.807, 2.05) is 63.2 Å². The van der Waals surface area contributed by atoms with E-state index in [-0.39, 0.29) is 24.0 Å². The second-order valence-corrected chi connectivity index (χ2v) is 9.24. The van der Waals surface area contributed by atoms with Crippen molar-refractivity contribution >= 4 is 39.7 Å². The Morgan fingerprint density at radius 1 is 1.16 bits per heavy atom. The van der Waals surface area contributed by atoms with Gasteiger partial charge >= 0.3 is 0 Å². The second kappa shape index (κ2) is 7.91. The van der Waals surface area contributed by atoms with Crippen LogP contribution in [0.5, 0.6) is 5.75 Å². The molecule has 0 aliphatic carbocycles. The summed E-state index contributed by atoms with van der Waals surface area (Å²) < 4.78 is 11.7. The van der Waals surface area contributed by atoms with Crippen molar-refractivity contribution in [3.05, 3.63) is 64.2 Å². The molecule has 0 radical (unpaired) electrons. The number of benzene rings is 2. The first-order valence-electron chi connectivity index (χ1n) is 10.5. The number of Topliss-reactive ketones (excluding diaryl/α,β-unsaturated/α-hetero) is 1. The van der Waals surface area contributed by atoms with E-state index >= 15 is 0 Å². The Bertz CT molecular complexity index is 1320. The molecular weight excluding hydrogens is 424 g/mol. The number of rotatable bonds is 5. The molecule has 162 valence electrons. The number of aryl methyl sites for hydroxylation is 2. The van der Waals surface area contributed by atoms with Crippen LogP contribution >= 0.6 is 11.3 Å². The highest BCUT2D eigenvalue weighted by atomic mass is 32.1. The number of thiazole rings is 1. The van der Waals surface area contributed by atoms with Crippen molar-refractivity contribution < 1.29 is 18.7 Å². The summed E-state index contributed by atoms with van der Waals surface area (Å²) in [7, 11) is 0. The van der Waals surface area contributed by atoms with Crippen molar-refractivity contribution in [3.8, 4) is 17.0 Å². The van der Waals surface area contributed by atoms with Gasteiger partial charge in [-0.05, 0) is 50.6 Å². The maximum Gasteiger partial charge on any atom is 0.268 e. The minimum Gasteiger partial charge on any atom is -0.478 e. The Morgan fingerprint density at radius 2 is 1.97 bits per heavy atom. The second-order valence-electron chi connectivity index (χ2n) is 7.83. The van der Waals surface area contributed by atoms with Gasteiger partial charge in [0.05, 0.1) is 22.9 Å². The molecule has 5 rings (SSSR count). The summed E-state index contributed by atoms with van der Waals surface area (Å²) in [6.07, 6.45) is -0.111. The Labute approximate surface area is 189 Å². The lowest BCUT2D eigenvalue weighted by atomic mass is 10.1. The number of carbonyl (C=O) groups is 2. The number of amides is 1. The molecule has 1 unspecified atom stereocenters. The van der Waals surface area contributed by atoms with E-state index in [1.54, 1.807) is 17.4 Å². The Morgan fingerprint density at radius 3 is 2.69 bits per heavy atom. The van der Waals surface area contributed by atoms with Crippen molar-refractivity contribution in [2.75, 3.05) is 11.4 Å². The molecule has 4 aromatic rings. The highest BCUT2D eigenvalue weighted by Crippen LogP contribution is 2.39. The number of para-hydroxylation sites is 1. The number of hydrogen-bond donors (Lipinski definition) is 0. The monoisotopic (exact) mass is 446 g/mol. The lowest BCUT2D eigenvalue weighted by Gasteiger charge is -2.33. The molecule has 1 aliphatic heterocycles. The van der Waals surface area contributed by atoms with E-state index in [9.17, 15) is 9.59 Å². The van der Waals surface area contributed by atoms with Crippen molar-refractivity contribution in [1.29, 1.82) is 0 Å². The maximum atomic E-state index is 13.2. The van der Waals surface area contributed by atoms with Crippen LogP contribution in [0.1, 0.15) is 33.8 Å². The fraction of sp³-hybridized carbons (Fsp3) is 0.240.